The van der Waals surface area contributed by atoms with Crippen LogP contribution in [0.25, 0.3) is 16.3 Å². The number of aromatic nitrogens is 2. The van der Waals surface area contributed by atoms with Crippen molar-refractivity contribution in [3.8, 4) is 16.3 Å². The number of aliphatic hydroxyl groups excluding tert-OH is 2. The van der Waals surface area contributed by atoms with Gasteiger partial charge >= 0.3 is 0 Å². The van der Waals surface area contributed by atoms with E-state index in [0.29, 0.717) is 13.0 Å². The third-order valence-electron chi connectivity index (χ3n) is 4.97. The summed E-state index contributed by atoms with van der Waals surface area (Å²) in [5.74, 6) is -0.0712. The topological polar surface area (TPSA) is 61.5 Å². The number of hydrogen-bond donors (Lipinski definition) is 2. The summed E-state index contributed by atoms with van der Waals surface area (Å²) in [6.07, 6.45) is 2.40. The van der Waals surface area contributed by atoms with Gasteiger partial charge in [-0.15, -0.1) is 11.3 Å². The van der Waals surface area contributed by atoms with Crippen molar-refractivity contribution < 1.29 is 10.2 Å². The second-order valence-corrected chi connectivity index (χ2v) is 7.74. The van der Waals surface area contributed by atoms with Gasteiger partial charge in [-0.2, -0.15) is 5.10 Å². The van der Waals surface area contributed by atoms with Gasteiger partial charge < -0.3 is 10.2 Å². The summed E-state index contributed by atoms with van der Waals surface area (Å²) < 4.78 is 1.94. The molecule has 0 spiro atoms. The zero-order chi connectivity index (χ0) is 17.9. The molecule has 1 fully saturated rings. The highest BCUT2D eigenvalue weighted by molar-refractivity contribution is 7.13. The SMILES string of the molecule is OC[C@H]1CN(Cc2cn(-c3ccccc3)nc2-c2cccs2)CC[C@H]1O. The van der Waals surface area contributed by atoms with Crippen LogP contribution in [0.1, 0.15) is 12.0 Å². The highest BCUT2D eigenvalue weighted by Crippen LogP contribution is 2.29. The summed E-state index contributed by atoms with van der Waals surface area (Å²) in [5, 5.41) is 26.4. The van der Waals surface area contributed by atoms with Crippen LogP contribution in [0.4, 0.5) is 0 Å². The lowest BCUT2D eigenvalue weighted by Gasteiger charge is -2.35. The molecule has 1 saturated heterocycles. The van der Waals surface area contributed by atoms with E-state index in [2.05, 4.69) is 22.5 Å². The molecule has 1 aliphatic rings. The summed E-state index contributed by atoms with van der Waals surface area (Å²) >= 11 is 1.69. The Morgan fingerprint density at radius 3 is 2.73 bits per heavy atom. The number of hydrogen-bond acceptors (Lipinski definition) is 5. The fourth-order valence-electron chi connectivity index (χ4n) is 3.52. The smallest absolute Gasteiger partial charge is 0.107 e. The average molecular weight is 369 g/mol. The zero-order valence-corrected chi connectivity index (χ0v) is 15.3. The van der Waals surface area contributed by atoms with Crippen LogP contribution >= 0.6 is 11.3 Å². The molecule has 2 aromatic heterocycles. The summed E-state index contributed by atoms with van der Waals surface area (Å²) in [5.41, 5.74) is 3.22. The van der Waals surface area contributed by atoms with Gasteiger partial charge in [0, 0.05) is 43.9 Å². The first kappa shape index (κ1) is 17.4. The van der Waals surface area contributed by atoms with Crippen molar-refractivity contribution in [1.82, 2.24) is 14.7 Å². The standard InChI is InChI=1S/C20H23N3O2S/c24-14-16-12-22(9-8-18(16)25)11-15-13-23(17-5-2-1-3-6-17)21-20(15)19-7-4-10-26-19/h1-7,10,13,16,18,24-25H,8-9,11-12,14H2/t16-,18-/m1/s1. The molecule has 6 heteroatoms. The Morgan fingerprint density at radius 2 is 2.00 bits per heavy atom. The van der Waals surface area contributed by atoms with E-state index in [-0.39, 0.29) is 12.5 Å². The van der Waals surface area contributed by atoms with Crippen LogP contribution in [-0.2, 0) is 6.54 Å². The highest BCUT2D eigenvalue weighted by atomic mass is 32.1. The van der Waals surface area contributed by atoms with Gasteiger partial charge in [0.25, 0.3) is 0 Å². The molecule has 2 N–H and O–H groups in total. The Hall–Kier alpha value is -1.99. The molecule has 26 heavy (non-hydrogen) atoms. The Bertz CT molecular complexity index is 832. The van der Waals surface area contributed by atoms with Crippen molar-refractivity contribution in [2.45, 2.75) is 19.1 Å². The second-order valence-electron chi connectivity index (χ2n) is 6.79. The zero-order valence-electron chi connectivity index (χ0n) is 14.5. The Kier molecular flexibility index (Phi) is 5.17. The number of benzene rings is 1. The number of likely N-dealkylation sites (tertiary alicyclic amines) is 1. The van der Waals surface area contributed by atoms with Crippen molar-refractivity contribution in [3.05, 3.63) is 59.6 Å². The molecule has 0 amide bonds. The van der Waals surface area contributed by atoms with Gasteiger partial charge in [0.1, 0.15) is 5.69 Å². The van der Waals surface area contributed by atoms with Crippen LogP contribution in [0, 0.1) is 5.92 Å². The van der Waals surface area contributed by atoms with Crippen LogP contribution in [0.3, 0.4) is 0 Å². The fourth-order valence-corrected chi connectivity index (χ4v) is 4.26. The van der Waals surface area contributed by atoms with E-state index in [9.17, 15) is 10.2 Å². The van der Waals surface area contributed by atoms with Crippen LogP contribution in [0.5, 0.6) is 0 Å². The van der Waals surface area contributed by atoms with Gasteiger partial charge in [0.05, 0.1) is 16.7 Å². The normalized spacial score (nSPS) is 21.2. The Morgan fingerprint density at radius 1 is 1.15 bits per heavy atom. The summed E-state index contributed by atoms with van der Waals surface area (Å²) in [7, 11) is 0. The number of para-hydroxylation sites is 1. The van der Waals surface area contributed by atoms with E-state index in [1.54, 1.807) is 11.3 Å². The molecule has 3 heterocycles. The maximum Gasteiger partial charge on any atom is 0.107 e. The minimum atomic E-state index is -0.403. The molecule has 2 atom stereocenters. The molecular formula is C20H23N3O2S. The number of thiophene rings is 1. The molecule has 0 radical (unpaired) electrons. The molecule has 1 aromatic carbocycles. The van der Waals surface area contributed by atoms with Crippen LogP contribution in [0.2, 0.25) is 0 Å². The first-order valence-electron chi connectivity index (χ1n) is 8.93. The van der Waals surface area contributed by atoms with Crippen molar-refractivity contribution >= 4 is 11.3 Å². The molecular weight excluding hydrogens is 346 g/mol. The molecule has 3 aromatic rings. The second kappa shape index (κ2) is 7.72. The minimum absolute atomic E-state index is 0.0265. The number of rotatable bonds is 5. The highest BCUT2D eigenvalue weighted by Gasteiger charge is 2.28. The number of aliphatic hydroxyl groups is 2. The van der Waals surface area contributed by atoms with Crippen LogP contribution < -0.4 is 0 Å². The summed E-state index contributed by atoms with van der Waals surface area (Å²) in [4.78, 5) is 3.46. The van der Waals surface area contributed by atoms with Crippen molar-refractivity contribution in [2.75, 3.05) is 19.7 Å². The molecule has 136 valence electrons. The molecule has 0 aliphatic carbocycles. The molecule has 5 nitrogen and oxygen atoms in total. The maximum absolute atomic E-state index is 10.0. The molecule has 4 rings (SSSR count). The minimum Gasteiger partial charge on any atom is -0.396 e. The summed E-state index contributed by atoms with van der Waals surface area (Å²) in [6.45, 7) is 2.33. The van der Waals surface area contributed by atoms with Gasteiger partial charge in [0.2, 0.25) is 0 Å². The lowest BCUT2D eigenvalue weighted by molar-refractivity contribution is -0.00196. The van der Waals surface area contributed by atoms with Gasteiger partial charge in [-0.25, -0.2) is 4.68 Å². The van der Waals surface area contributed by atoms with Gasteiger partial charge in [-0.05, 0) is 30.0 Å². The third-order valence-corrected chi connectivity index (χ3v) is 5.85. The monoisotopic (exact) mass is 369 g/mol. The largest absolute Gasteiger partial charge is 0.396 e. The average Bonchev–Trinajstić information content (AvgIpc) is 3.34. The first-order chi connectivity index (χ1) is 12.7. The van der Waals surface area contributed by atoms with Crippen molar-refractivity contribution in [3.63, 3.8) is 0 Å². The van der Waals surface area contributed by atoms with Gasteiger partial charge in [0.15, 0.2) is 0 Å². The predicted octanol–water partition coefficient (Wildman–Crippen LogP) is 2.78. The molecule has 0 unspecified atom stereocenters. The maximum atomic E-state index is 10.0. The first-order valence-corrected chi connectivity index (χ1v) is 9.81. The molecule has 0 saturated carbocycles. The molecule has 0 bridgehead atoms. The van der Waals surface area contributed by atoms with E-state index in [1.165, 1.54) is 5.56 Å². The van der Waals surface area contributed by atoms with E-state index in [1.807, 2.05) is 41.1 Å². The molecule has 1 aliphatic heterocycles. The number of nitrogens with zero attached hydrogens (tertiary/aromatic N) is 3. The Balaban J connectivity index is 1.63. The van der Waals surface area contributed by atoms with Crippen LogP contribution in [-0.4, -0.2) is 50.7 Å². The lowest BCUT2D eigenvalue weighted by atomic mass is 9.95. The summed E-state index contributed by atoms with van der Waals surface area (Å²) in [6, 6.07) is 14.3. The van der Waals surface area contributed by atoms with Crippen LogP contribution in [0.15, 0.2) is 54.0 Å². The van der Waals surface area contributed by atoms with Gasteiger partial charge in [-0.1, -0.05) is 24.3 Å². The third kappa shape index (κ3) is 3.59. The van der Waals surface area contributed by atoms with Crippen molar-refractivity contribution in [1.29, 1.82) is 0 Å². The Labute approximate surface area is 157 Å². The number of piperidine rings is 1. The fraction of sp³-hybridized carbons (Fsp3) is 0.350. The van der Waals surface area contributed by atoms with E-state index < -0.39 is 6.10 Å². The van der Waals surface area contributed by atoms with Gasteiger partial charge in [-0.3, -0.25) is 4.90 Å². The lowest BCUT2D eigenvalue weighted by Crippen LogP contribution is -2.44. The predicted molar refractivity (Wildman–Crippen MR) is 103 cm³/mol. The van der Waals surface area contributed by atoms with E-state index in [0.717, 1.165) is 29.3 Å². The van der Waals surface area contributed by atoms with Crippen molar-refractivity contribution in [2.24, 2.45) is 5.92 Å². The van der Waals surface area contributed by atoms with E-state index >= 15 is 0 Å². The quantitative estimate of drug-likeness (QED) is 0.726. The van der Waals surface area contributed by atoms with E-state index in [4.69, 9.17) is 5.10 Å².